The molecule has 0 radical (unpaired) electrons. The summed E-state index contributed by atoms with van der Waals surface area (Å²) in [7, 11) is 2.02. The first kappa shape index (κ1) is 23.6. The first-order chi connectivity index (χ1) is 16.3. The van der Waals surface area contributed by atoms with E-state index in [0.717, 1.165) is 6.54 Å². The van der Waals surface area contributed by atoms with E-state index in [9.17, 15) is 9.18 Å². The first-order valence-corrected chi connectivity index (χ1v) is 10.9. The SMILES string of the molecule is C=CC(=O)Nc1cc2c(Nc3cccc(Cl)c3F)ncnc2cc1C#CC1(C)CN(C)CCO1. The molecule has 0 spiro atoms. The molecule has 1 aliphatic rings. The number of ether oxygens (including phenoxy) is 1. The second-order valence-corrected chi connectivity index (χ2v) is 8.53. The molecule has 4 rings (SSSR count). The molecule has 1 saturated heterocycles. The Balaban J connectivity index is 1.79. The van der Waals surface area contributed by atoms with Crippen LogP contribution in [0, 0.1) is 17.7 Å². The Morgan fingerprint density at radius 3 is 2.94 bits per heavy atom. The molecule has 7 nitrogen and oxygen atoms in total. The number of fused-ring (bicyclic) bond motifs is 1. The molecular weight excluding hydrogens is 457 g/mol. The lowest BCUT2D eigenvalue weighted by Gasteiger charge is -2.35. The van der Waals surface area contributed by atoms with Gasteiger partial charge in [0.05, 0.1) is 34.1 Å². The zero-order valence-corrected chi connectivity index (χ0v) is 19.5. The minimum Gasteiger partial charge on any atom is -0.360 e. The average molecular weight is 480 g/mol. The zero-order chi connectivity index (χ0) is 24.3. The van der Waals surface area contributed by atoms with Gasteiger partial charge in [0.1, 0.15) is 17.7 Å². The second kappa shape index (κ2) is 9.77. The maximum absolute atomic E-state index is 14.4. The molecule has 174 valence electrons. The number of hydrogen-bond donors (Lipinski definition) is 2. The lowest BCUT2D eigenvalue weighted by molar-refractivity contribution is -0.111. The van der Waals surface area contributed by atoms with Crippen molar-refractivity contribution in [1.82, 2.24) is 14.9 Å². The van der Waals surface area contributed by atoms with Gasteiger partial charge < -0.3 is 20.3 Å². The molecule has 1 amide bonds. The summed E-state index contributed by atoms with van der Waals surface area (Å²) >= 11 is 5.90. The lowest BCUT2D eigenvalue weighted by atomic mass is 10.0. The minimum absolute atomic E-state index is 0.0103. The predicted octanol–water partition coefficient (Wildman–Crippen LogP) is 4.36. The molecular formula is C25H23ClFN5O2. The normalized spacial score (nSPS) is 18.1. The predicted molar refractivity (Wildman–Crippen MR) is 132 cm³/mol. The Bertz CT molecular complexity index is 1340. The fraction of sp³-hybridized carbons (Fsp3) is 0.240. The highest BCUT2D eigenvalue weighted by Gasteiger charge is 2.28. The average Bonchev–Trinajstić information content (AvgIpc) is 2.81. The summed E-state index contributed by atoms with van der Waals surface area (Å²) in [5.74, 6) is 5.70. The van der Waals surface area contributed by atoms with Gasteiger partial charge in [-0.1, -0.05) is 36.1 Å². The number of amides is 1. The molecule has 2 aromatic carbocycles. The van der Waals surface area contributed by atoms with Gasteiger partial charge in [-0.15, -0.1) is 0 Å². The minimum atomic E-state index is -0.649. The summed E-state index contributed by atoms with van der Waals surface area (Å²) in [6.45, 7) is 7.53. The Labute approximate surface area is 202 Å². The summed E-state index contributed by atoms with van der Waals surface area (Å²) in [6, 6.07) is 8.09. The van der Waals surface area contributed by atoms with Gasteiger partial charge in [0.15, 0.2) is 5.82 Å². The highest BCUT2D eigenvalue weighted by Crippen LogP contribution is 2.31. The van der Waals surface area contributed by atoms with Crippen LogP contribution in [-0.2, 0) is 9.53 Å². The third-order valence-corrected chi connectivity index (χ3v) is 5.64. The van der Waals surface area contributed by atoms with Crippen LogP contribution in [-0.4, -0.2) is 53.1 Å². The molecule has 2 N–H and O–H groups in total. The van der Waals surface area contributed by atoms with Crippen LogP contribution in [0.3, 0.4) is 0 Å². The van der Waals surface area contributed by atoms with Crippen LogP contribution in [0.15, 0.2) is 49.3 Å². The molecule has 0 saturated carbocycles. The van der Waals surface area contributed by atoms with Crippen LogP contribution in [0.5, 0.6) is 0 Å². The molecule has 2 heterocycles. The van der Waals surface area contributed by atoms with Gasteiger partial charge in [-0.05, 0) is 44.3 Å². The van der Waals surface area contributed by atoms with Crippen LogP contribution in [0.2, 0.25) is 5.02 Å². The van der Waals surface area contributed by atoms with E-state index in [0.29, 0.717) is 41.1 Å². The Morgan fingerprint density at radius 1 is 1.35 bits per heavy atom. The lowest BCUT2D eigenvalue weighted by Crippen LogP contribution is -2.47. The van der Waals surface area contributed by atoms with E-state index >= 15 is 0 Å². The van der Waals surface area contributed by atoms with Crippen molar-refractivity contribution in [1.29, 1.82) is 0 Å². The van der Waals surface area contributed by atoms with E-state index in [-0.39, 0.29) is 10.7 Å². The zero-order valence-electron chi connectivity index (χ0n) is 18.8. The molecule has 0 aliphatic carbocycles. The van der Waals surface area contributed by atoms with Crippen molar-refractivity contribution in [3.8, 4) is 11.8 Å². The number of aromatic nitrogens is 2. The number of carbonyl (C=O) groups is 1. The fourth-order valence-electron chi connectivity index (χ4n) is 3.66. The third-order valence-electron chi connectivity index (χ3n) is 5.35. The molecule has 1 aliphatic heterocycles. The van der Waals surface area contributed by atoms with Gasteiger partial charge in [-0.2, -0.15) is 0 Å². The van der Waals surface area contributed by atoms with Crippen molar-refractivity contribution >= 4 is 45.6 Å². The van der Waals surface area contributed by atoms with Crippen LogP contribution in [0.25, 0.3) is 10.9 Å². The van der Waals surface area contributed by atoms with Crippen molar-refractivity contribution in [2.45, 2.75) is 12.5 Å². The number of carbonyl (C=O) groups excluding carboxylic acids is 1. The second-order valence-electron chi connectivity index (χ2n) is 8.12. The van der Waals surface area contributed by atoms with Gasteiger partial charge in [-0.25, -0.2) is 14.4 Å². The number of likely N-dealkylation sites (N-methyl/N-ethyl adjacent to an activating group) is 1. The van der Waals surface area contributed by atoms with Crippen molar-refractivity contribution in [2.24, 2.45) is 0 Å². The quantitative estimate of drug-likeness (QED) is 0.427. The van der Waals surface area contributed by atoms with Gasteiger partial charge >= 0.3 is 0 Å². The highest BCUT2D eigenvalue weighted by molar-refractivity contribution is 6.31. The summed E-state index contributed by atoms with van der Waals surface area (Å²) in [5, 5.41) is 6.29. The largest absolute Gasteiger partial charge is 0.360 e. The number of nitrogens with one attached hydrogen (secondary N) is 2. The molecule has 1 aromatic heterocycles. The molecule has 1 fully saturated rings. The Morgan fingerprint density at radius 2 is 2.18 bits per heavy atom. The Kier molecular flexibility index (Phi) is 6.80. The van der Waals surface area contributed by atoms with Gasteiger partial charge in [0.2, 0.25) is 5.91 Å². The first-order valence-electron chi connectivity index (χ1n) is 10.6. The molecule has 9 heteroatoms. The molecule has 1 unspecified atom stereocenters. The van der Waals surface area contributed by atoms with Crippen molar-refractivity contribution in [3.63, 3.8) is 0 Å². The number of benzene rings is 2. The fourth-order valence-corrected chi connectivity index (χ4v) is 3.84. The highest BCUT2D eigenvalue weighted by atomic mass is 35.5. The van der Waals surface area contributed by atoms with E-state index in [1.807, 2.05) is 14.0 Å². The maximum Gasteiger partial charge on any atom is 0.247 e. The molecule has 0 bridgehead atoms. The summed E-state index contributed by atoms with van der Waals surface area (Å²) in [5.41, 5.74) is 1.08. The van der Waals surface area contributed by atoms with Gasteiger partial charge in [0, 0.05) is 18.5 Å². The van der Waals surface area contributed by atoms with E-state index in [4.69, 9.17) is 16.3 Å². The Hall–Kier alpha value is -3.51. The van der Waals surface area contributed by atoms with E-state index in [1.54, 1.807) is 24.3 Å². The molecule has 3 aromatic rings. The van der Waals surface area contributed by atoms with Crippen molar-refractivity contribution < 1.29 is 13.9 Å². The number of morpholine rings is 1. The van der Waals surface area contributed by atoms with Gasteiger partial charge in [-0.3, -0.25) is 4.79 Å². The summed E-state index contributed by atoms with van der Waals surface area (Å²) in [4.78, 5) is 22.9. The number of hydrogen-bond acceptors (Lipinski definition) is 6. The van der Waals surface area contributed by atoms with Gasteiger partial charge in [0.25, 0.3) is 0 Å². The van der Waals surface area contributed by atoms with E-state index < -0.39 is 17.3 Å². The van der Waals surface area contributed by atoms with Crippen molar-refractivity contribution in [2.75, 3.05) is 37.4 Å². The molecule has 34 heavy (non-hydrogen) atoms. The van der Waals surface area contributed by atoms with Crippen molar-refractivity contribution in [3.05, 3.63) is 65.7 Å². The smallest absolute Gasteiger partial charge is 0.247 e. The number of anilines is 3. The van der Waals surface area contributed by atoms with E-state index in [1.165, 1.54) is 18.5 Å². The number of halogens is 2. The van der Waals surface area contributed by atoms with Crippen LogP contribution in [0.4, 0.5) is 21.6 Å². The maximum atomic E-state index is 14.4. The number of rotatable bonds is 4. The number of nitrogens with zero attached hydrogens (tertiary/aromatic N) is 3. The standard InChI is InChI=1S/C25H23ClFN5O2/c1-4-22(33)30-20-13-17-21(12-16(20)8-9-25(2)14-32(3)10-11-34-25)28-15-29-24(17)31-19-7-5-6-18(26)23(19)27/h4-7,12-13,15H,1,10-11,14H2,2-3H3,(H,30,33)(H,28,29,31). The van der Waals surface area contributed by atoms with Crippen LogP contribution < -0.4 is 10.6 Å². The summed E-state index contributed by atoms with van der Waals surface area (Å²) in [6.07, 6.45) is 2.54. The topological polar surface area (TPSA) is 79.4 Å². The van der Waals surface area contributed by atoms with E-state index in [2.05, 4.69) is 43.9 Å². The van der Waals surface area contributed by atoms with Crippen LogP contribution >= 0.6 is 11.6 Å². The monoisotopic (exact) mass is 479 g/mol. The third kappa shape index (κ3) is 5.18. The van der Waals surface area contributed by atoms with Crippen LogP contribution in [0.1, 0.15) is 12.5 Å². The molecule has 1 atom stereocenters. The summed E-state index contributed by atoms with van der Waals surface area (Å²) < 4.78 is 20.3.